The van der Waals surface area contributed by atoms with Crippen LogP contribution in [0.1, 0.15) is 41.7 Å². The van der Waals surface area contributed by atoms with Gasteiger partial charge in [0.1, 0.15) is 5.69 Å². The van der Waals surface area contributed by atoms with Crippen molar-refractivity contribution in [2.45, 2.75) is 38.6 Å². The van der Waals surface area contributed by atoms with Gasteiger partial charge in [-0.1, -0.05) is 0 Å². The molecule has 1 saturated heterocycles. The number of aryl methyl sites for hydroxylation is 1. The van der Waals surface area contributed by atoms with Gasteiger partial charge >= 0.3 is 0 Å². The largest absolute Gasteiger partial charge is 0.463 e. The van der Waals surface area contributed by atoms with Crippen LogP contribution in [0.3, 0.4) is 0 Å². The number of aliphatic hydroxyl groups excluding tert-OH is 1. The number of carbonyl (C=O) groups is 1. The SMILES string of the molecule is Cc1nc(-c2ccco2)ccc1C(=O)N1CCCC1CCCO. The van der Waals surface area contributed by atoms with Gasteiger partial charge in [0.2, 0.25) is 0 Å². The highest BCUT2D eigenvalue weighted by atomic mass is 16.3. The quantitative estimate of drug-likeness (QED) is 0.921. The van der Waals surface area contributed by atoms with Crippen molar-refractivity contribution in [2.24, 2.45) is 0 Å². The lowest BCUT2D eigenvalue weighted by Gasteiger charge is -2.25. The van der Waals surface area contributed by atoms with Gasteiger partial charge in [-0.2, -0.15) is 0 Å². The maximum atomic E-state index is 12.8. The van der Waals surface area contributed by atoms with Crippen LogP contribution >= 0.6 is 0 Å². The molecule has 3 heterocycles. The Kier molecular flexibility index (Phi) is 4.76. The van der Waals surface area contributed by atoms with Crippen LogP contribution in [0.15, 0.2) is 34.9 Å². The van der Waals surface area contributed by atoms with Crippen LogP contribution in [0, 0.1) is 6.92 Å². The van der Waals surface area contributed by atoms with E-state index in [4.69, 9.17) is 9.52 Å². The first-order valence-electron chi connectivity index (χ1n) is 8.14. The number of hydrogen-bond donors (Lipinski definition) is 1. The first-order chi connectivity index (χ1) is 11.2. The normalized spacial score (nSPS) is 17.7. The summed E-state index contributed by atoms with van der Waals surface area (Å²) < 4.78 is 5.35. The summed E-state index contributed by atoms with van der Waals surface area (Å²) in [5.74, 6) is 0.746. The summed E-state index contributed by atoms with van der Waals surface area (Å²) in [5.41, 5.74) is 2.11. The second-order valence-electron chi connectivity index (χ2n) is 5.97. The molecule has 1 amide bonds. The third-order valence-corrected chi connectivity index (χ3v) is 4.42. The molecule has 3 rings (SSSR count). The molecule has 122 valence electrons. The number of hydrogen-bond acceptors (Lipinski definition) is 4. The molecule has 5 heteroatoms. The van der Waals surface area contributed by atoms with E-state index in [0.29, 0.717) is 11.3 Å². The second kappa shape index (κ2) is 6.96. The van der Waals surface area contributed by atoms with Gasteiger partial charge in [0.05, 0.1) is 17.5 Å². The van der Waals surface area contributed by atoms with Gasteiger partial charge in [-0.15, -0.1) is 0 Å². The Labute approximate surface area is 135 Å². The lowest BCUT2D eigenvalue weighted by Crippen LogP contribution is -2.36. The maximum absolute atomic E-state index is 12.8. The van der Waals surface area contributed by atoms with Crippen molar-refractivity contribution in [3.05, 3.63) is 41.8 Å². The van der Waals surface area contributed by atoms with Crippen LogP contribution in [-0.4, -0.2) is 40.1 Å². The summed E-state index contributed by atoms with van der Waals surface area (Å²) in [6.07, 6.45) is 5.26. The van der Waals surface area contributed by atoms with E-state index in [0.717, 1.165) is 43.6 Å². The van der Waals surface area contributed by atoms with E-state index >= 15 is 0 Å². The molecule has 2 aromatic rings. The third kappa shape index (κ3) is 3.29. The predicted octanol–water partition coefficient (Wildman–Crippen LogP) is 3.03. The van der Waals surface area contributed by atoms with Crippen molar-refractivity contribution < 1.29 is 14.3 Å². The second-order valence-corrected chi connectivity index (χ2v) is 5.97. The van der Waals surface area contributed by atoms with Crippen LogP contribution < -0.4 is 0 Å². The lowest BCUT2D eigenvalue weighted by molar-refractivity contribution is 0.0723. The number of aliphatic hydroxyl groups is 1. The van der Waals surface area contributed by atoms with Crippen molar-refractivity contribution in [1.29, 1.82) is 0 Å². The van der Waals surface area contributed by atoms with Gasteiger partial charge in [-0.25, -0.2) is 4.98 Å². The number of aromatic nitrogens is 1. The molecular formula is C18H22N2O3. The summed E-state index contributed by atoms with van der Waals surface area (Å²) in [7, 11) is 0. The zero-order valence-electron chi connectivity index (χ0n) is 13.4. The third-order valence-electron chi connectivity index (χ3n) is 4.42. The van der Waals surface area contributed by atoms with Gasteiger partial charge in [-0.05, 0) is 56.9 Å². The van der Waals surface area contributed by atoms with E-state index in [1.165, 1.54) is 0 Å². The number of likely N-dealkylation sites (tertiary alicyclic amines) is 1. The zero-order chi connectivity index (χ0) is 16.2. The molecule has 2 aromatic heterocycles. The predicted molar refractivity (Wildman–Crippen MR) is 87.1 cm³/mol. The Morgan fingerprint density at radius 3 is 3.00 bits per heavy atom. The van der Waals surface area contributed by atoms with E-state index in [-0.39, 0.29) is 18.6 Å². The fourth-order valence-electron chi connectivity index (χ4n) is 3.23. The Balaban J connectivity index is 1.79. The molecule has 0 bridgehead atoms. The minimum absolute atomic E-state index is 0.0430. The summed E-state index contributed by atoms with van der Waals surface area (Å²) in [6.45, 7) is 2.82. The minimum atomic E-state index is 0.0430. The molecule has 5 nitrogen and oxygen atoms in total. The van der Waals surface area contributed by atoms with Crippen LogP contribution in [0.25, 0.3) is 11.5 Å². The number of furan rings is 1. The summed E-state index contributed by atoms with van der Waals surface area (Å²) in [4.78, 5) is 19.3. The van der Waals surface area contributed by atoms with E-state index in [2.05, 4.69) is 4.98 Å². The monoisotopic (exact) mass is 314 g/mol. The van der Waals surface area contributed by atoms with Crippen molar-refractivity contribution in [3.8, 4) is 11.5 Å². The van der Waals surface area contributed by atoms with Gasteiger partial charge in [0.25, 0.3) is 5.91 Å². The maximum Gasteiger partial charge on any atom is 0.255 e. The van der Waals surface area contributed by atoms with Gasteiger partial charge in [-0.3, -0.25) is 4.79 Å². The molecule has 0 saturated carbocycles. The van der Waals surface area contributed by atoms with E-state index in [1.54, 1.807) is 6.26 Å². The van der Waals surface area contributed by atoms with Gasteiger partial charge in [0.15, 0.2) is 5.76 Å². The number of carbonyl (C=O) groups excluding carboxylic acids is 1. The highest BCUT2D eigenvalue weighted by Crippen LogP contribution is 2.25. The molecule has 0 aromatic carbocycles. The Hall–Kier alpha value is -2.14. The Morgan fingerprint density at radius 1 is 1.43 bits per heavy atom. The number of amides is 1. The van der Waals surface area contributed by atoms with E-state index in [9.17, 15) is 4.79 Å². The molecule has 0 aliphatic carbocycles. The minimum Gasteiger partial charge on any atom is -0.463 e. The summed E-state index contributed by atoms with van der Waals surface area (Å²) >= 11 is 0. The highest BCUT2D eigenvalue weighted by Gasteiger charge is 2.29. The number of nitrogens with zero attached hydrogens (tertiary/aromatic N) is 2. The number of pyridine rings is 1. The molecule has 0 spiro atoms. The van der Waals surface area contributed by atoms with E-state index < -0.39 is 0 Å². The molecule has 1 aliphatic rings. The summed E-state index contributed by atoms with van der Waals surface area (Å²) in [5, 5.41) is 9.01. The fourth-order valence-corrected chi connectivity index (χ4v) is 3.23. The van der Waals surface area contributed by atoms with Crippen LogP contribution in [0.2, 0.25) is 0 Å². The molecule has 0 radical (unpaired) electrons. The smallest absolute Gasteiger partial charge is 0.255 e. The molecule has 1 fully saturated rings. The first kappa shape index (κ1) is 15.7. The van der Waals surface area contributed by atoms with Crippen molar-refractivity contribution in [3.63, 3.8) is 0 Å². The molecule has 1 N–H and O–H groups in total. The highest BCUT2D eigenvalue weighted by molar-refractivity contribution is 5.95. The summed E-state index contributed by atoms with van der Waals surface area (Å²) in [6, 6.07) is 7.58. The average molecular weight is 314 g/mol. The van der Waals surface area contributed by atoms with Crippen LogP contribution in [-0.2, 0) is 0 Å². The van der Waals surface area contributed by atoms with Crippen molar-refractivity contribution >= 4 is 5.91 Å². The zero-order valence-corrected chi connectivity index (χ0v) is 13.4. The van der Waals surface area contributed by atoms with Gasteiger partial charge < -0.3 is 14.4 Å². The first-order valence-corrected chi connectivity index (χ1v) is 8.14. The van der Waals surface area contributed by atoms with Gasteiger partial charge in [0, 0.05) is 19.2 Å². The standard InChI is InChI=1S/C18H22N2O3/c1-13-15(8-9-16(19-13)17-7-4-12-23-17)18(22)20-10-2-5-14(20)6-3-11-21/h4,7-9,12,14,21H,2-3,5-6,10-11H2,1H3. The van der Waals surface area contributed by atoms with E-state index in [1.807, 2.05) is 36.1 Å². The van der Waals surface area contributed by atoms with Crippen molar-refractivity contribution in [2.75, 3.05) is 13.2 Å². The molecule has 23 heavy (non-hydrogen) atoms. The van der Waals surface area contributed by atoms with Crippen LogP contribution in [0.4, 0.5) is 0 Å². The molecule has 1 atom stereocenters. The molecule has 1 unspecified atom stereocenters. The van der Waals surface area contributed by atoms with Crippen LogP contribution in [0.5, 0.6) is 0 Å². The Morgan fingerprint density at radius 2 is 2.30 bits per heavy atom. The molecule has 1 aliphatic heterocycles. The molecular weight excluding hydrogens is 292 g/mol. The average Bonchev–Trinajstić information content (AvgIpc) is 3.23. The topological polar surface area (TPSA) is 66.6 Å². The van der Waals surface area contributed by atoms with Crippen molar-refractivity contribution in [1.82, 2.24) is 9.88 Å². The Bertz CT molecular complexity index is 667. The lowest BCUT2D eigenvalue weighted by atomic mass is 10.1. The fraction of sp³-hybridized carbons (Fsp3) is 0.444. The number of rotatable bonds is 5.